The first kappa shape index (κ1) is 11.9. The molecule has 0 bridgehead atoms. The lowest BCUT2D eigenvalue weighted by Gasteiger charge is -2.36. The van der Waals surface area contributed by atoms with Crippen LogP contribution in [0.3, 0.4) is 0 Å². The van der Waals surface area contributed by atoms with Gasteiger partial charge in [0.05, 0.1) is 0 Å². The van der Waals surface area contributed by atoms with Gasteiger partial charge in [0, 0.05) is 11.1 Å². The first-order valence-electron chi connectivity index (χ1n) is 5.98. The minimum absolute atomic E-state index is 0.687. The van der Waals surface area contributed by atoms with Crippen LogP contribution in [0.4, 0.5) is 0 Å². The van der Waals surface area contributed by atoms with Crippen LogP contribution in [-0.4, -0.2) is 19.1 Å². The van der Waals surface area contributed by atoms with Gasteiger partial charge < -0.3 is 11.1 Å². The van der Waals surface area contributed by atoms with Crippen molar-refractivity contribution in [3.05, 3.63) is 34.9 Å². The van der Waals surface area contributed by atoms with E-state index >= 15 is 0 Å². The largest absolute Gasteiger partial charge is 0.330 e. The fourth-order valence-electron chi connectivity index (χ4n) is 2.20. The molecular formula is C13H19ClN2. The van der Waals surface area contributed by atoms with Gasteiger partial charge in [0.25, 0.3) is 0 Å². The highest BCUT2D eigenvalue weighted by Gasteiger charge is 2.29. The average Bonchev–Trinajstić information content (AvgIpc) is 2.23. The fourth-order valence-corrected chi connectivity index (χ4v) is 2.33. The van der Waals surface area contributed by atoms with Gasteiger partial charge >= 0.3 is 0 Å². The van der Waals surface area contributed by atoms with Gasteiger partial charge in [-0.25, -0.2) is 0 Å². The van der Waals surface area contributed by atoms with Crippen LogP contribution in [-0.2, 0) is 0 Å². The summed E-state index contributed by atoms with van der Waals surface area (Å²) in [5.74, 6) is 0.715. The van der Waals surface area contributed by atoms with E-state index in [9.17, 15) is 0 Å². The standard InChI is InChI=1S/C13H19ClN2/c14-12-4-2-10(3-5-12)11-8-13(9-11)16-7-1-6-15/h2-5,11,13,16H,1,6-9,15H2. The van der Waals surface area contributed by atoms with Crippen molar-refractivity contribution in [3.63, 3.8) is 0 Å². The Hall–Kier alpha value is -0.570. The van der Waals surface area contributed by atoms with Gasteiger partial charge in [-0.15, -0.1) is 0 Å². The van der Waals surface area contributed by atoms with Crippen molar-refractivity contribution in [1.82, 2.24) is 5.32 Å². The first-order chi connectivity index (χ1) is 7.79. The molecule has 2 nitrogen and oxygen atoms in total. The molecule has 0 heterocycles. The summed E-state index contributed by atoms with van der Waals surface area (Å²) >= 11 is 5.87. The van der Waals surface area contributed by atoms with Gasteiger partial charge in [-0.2, -0.15) is 0 Å². The topological polar surface area (TPSA) is 38.0 Å². The predicted octanol–water partition coefficient (Wildman–Crippen LogP) is 2.52. The van der Waals surface area contributed by atoms with Crippen LogP contribution in [0.25, 0.3) is 0 Å². The van der Waals surface area contributed by atoms with Crippen LogP contribution < -0.4 is 11.1 Å². The van der Waals surface area contributed by atoms with Gasteiger partial charge in [-0.3, -0.25) is 0 Å². The molecule has 1 aliphatic rings. The summed E-state index contributed by atoms with van der Waals surface area (Å²) in [5.41, 5.74) is 6.87. The highest BCUT2D eigenvalue weighted by molar-refractivity contribution is 6.30. The Balaban J connectivity index is 1.73. The number of halogens is 1. The van der Waals surface area contributed by atoms with Crippen molar-refractivity contribution in [2.45, 2.75) is 31.2 Å². The van der Waals surface area contributed by atoms with E-state index in [0.717, 1.165) is 24.5 Å². The molecule has 1 aromatic carbocycles. The highest BCUT2D eigenvalue weighted by Crippen LogP contribution is 2.37. The molecule has 88 valence electrons. The molecule has 3 N–H and O–H groups in total. The summed E-state index contributed by atoms with van der Waals surface area (Å²) in [5, 5.41) is 4.35. The molecule has 1 aliphatic carbocycles. The van der Waals surface area contributed by atoms with E-state index in [4.69, 9.17) is 17.3 Å². The Bertz CT molecular complexity index is 317. The SMILES string of the molecule is NCCCNC1CC(c2ccc(Cl)cc2)C1. The molecule has 1 fully saturated rings. The van der Waals surface area contributed by atoms with Crippen molar-refractivity contribution in [3.8, 4) is 0 Å². The Kier molecular flexibility index (Phi) is 4.22. The van der Waals surface area contributed by atoms with Crippen molar-refractivity contribution >= 4 is 11.6 Å². The van der Waals surface area contributed by atoms with Gasteiger partial charge in [-0.1, -0.05) is 23.7 Å². The minimum Gasteiger partial charge on any atom is -0.330 e. The van der Waals surface area contributed by atoms with E-state index in [1.54, 1.807) is 0 Å². The second-order valence-electron chi connectivity index (χ2n) is 4.51. The van der Waals surface area contributed by atoms with Crippen molar-refractivity contribution in [1.29, 1.82) is 0 Å². The molecule has 0 spiro atoms. The molecule has 0 unspecified atom stereocenters. The lowest BCUT2D eigenvalue weighted by molar-refractivity contribution is 0.291. The number of nitrogens with two attached hydrogens (primary N) is 1. The number of nitrogens with one attached hydrogen (secondary N) is 1. The third kappa shape index (κ3) is 2.97. The average molecular weight is 239 g/mol. The van der Waals surface area contributed by atoms with E-state index in [1.165, 1.54) is 18.4 Å². The van der Waals surface area contributed by atoms with Gasteiger partial charge in [0.2, 0.25) is 0 Å². The molecule has 0 aliphatic heterocycles. The summed E-state index contributed by atoms with van der Waals surface area (Å²) < 4.78 is 0. The zero-order chi connectivity index (χ0) is 11.4. The van der Waals surface area contributed by atoms with Crippen LogP contribution in [0.5, 0.6) is 0 Å². The maximum atomic E-state index is 5.87. The van der Waals surface area contributed by atoms with Crippen LogP contribution in [0.2, 0.25) is 5.02 Å². The van der Waals surface area contributed by atoms with E-state index < -0.39 is 0 Å². The van der Waals surface area contributed by atoms with Crippen molar-refractivity contribution in [2.24, 2.45) is 5.73 Å². The Labute approximate surface area is 102 Å². The van der Waals surface area contributed by atoms with Gasteiger partial charge in [-0.05, 0) is 56.0 Å². The van der Waals surface area contributed by atoms with Crippen LogP contribution in [0.1, 0.15) is 30.7 Å². The molecule has 16 heavy (non-hydrogen) atoms. The molecule has 0 atom stereocenters. The second kappa shape index (κ2) is 5.67. The first-order valence-corrected chi connectivity index (χ1v) is 6.36. The third-order valence-electron chi connectivity index (χ3n) is 3.29. The van der Waals surface area contributed by atoms with Crippen molar-refractivity contribution < 1.29 is 0 Å². The number of rotatable bonds is 5. The summed E-state index contributed by atoms with van der Waals surface area (Å²) in [4.78, 5) is 0. The Morgan fingerprint density at radius 1 is 1.25 bits per heavy atom. The van der Waals surface area contributed by atoms with Crippen LogP contribution in [0, 0.1) is 0 Å². The third-order valence-corrected chi connectivity index (χ3v) is 3.55. The van der Waals surface area contributed by atoms with E-state index in [0.29, 0.717) is 12.0 Å². The zero-order valence-electron chi connectivity index (χ0n) is 9.45. The fraction of sp³-hybridized carbons (Fsp3) is 0.538. The number of hydrogen-bond donors (Lipinski definition) is 2. The maximum absolute atomic E-state index is 5.87. The predicted molar refractivity (Wildman–Crippen MR) is 68.9 cm³/mol. The Morgan fingerprint density at radius 3 is 2.56 bits per heavy atom. The quantitative estimate of drug-likeness (QED) is 0.774. The molecule has 3 heteroatoms. The molecular weight excluding hydrogens is 220 g/mol. The van der Waals surface area contributed by atoms with Gasteiger partial charge in [0.1, 0.15) is 0 Å². The highest BCUT2D eigenvalue weighted by atomic mass is 35.5. The maximum Gasteiger partial charge on any atom is 0.0406 e. The van der Waals surface area contributed by atoms with E-state index in [-0.39, 0.29) is 0 Å². The summed E-state index contributed by atoms with van der Waals surface area (Å²) in [6, 6.07) is 8.93. The molecule has 0 aromatic heterocycles. The molecule has 0 amide bonds. The molecule has 0 radical (unpaired) electrons. The van der Waals surface area contributed by atoms with Crippen LogP contribution >= 0.6 is 11.6 Å². The van der Waals surface area contributed by atoms with Crippen LogP contribution in [0.15, 0.2) is 24.3 Å². The number of benzene rings is 1. The van der Waals surface area contributed by atoms with E-state index in [1.807, 2.05) is 12.1 Å². The normalized spacial score (nSPS) is 24.1. The molecule has 1 saturated carbocycles. The molecule has 1 aromatic rings. The Morgan fingerprint density at radius 2 is 1.94 bits per heavy atom. The zero-order valence-corrected chi connectivity index (χ0v) is 10.2. The second-order valence-corrected chi connectivity index (χ2v) is 4.95. The van der Waals surface area contributed by atoms with Gasteiger partial charge in [0.15, 0.2) is 0 Å². The molecule has 0 saturated heterocycles. The number of hydrogen-bond acceptors (Lipinski definition) is 2. The lowest BCUT2D eigenvalue weighted by Crippen LogP contribution is -2.40. The monoisotopic (exact) mass is 238 g/mol. The van der Waals surface area contributed by atoms with E-state index in [2.05, 4.69) is 17.4 Å². The lowest BCUT2D eigenvalue weighted by atomic mass is 9.76. The summed E-state index contributed by atoms with van der Waals surface area (Å²) in [6.45, 7) is 1.83. The minimum atomic E-state index is 0.687. The summed E-state index contributed by atoms with van der Waals surface area (Å²) in [6.07, 6.45) is 3.56. The smallest absolute Gasteiger partial charge is 0.0406 e. The molecule has 2 rings (SSSR count). The summed E-state index contributed by atoms with van der Waals surface area (Å²) in [7, 11) is 0. The van der Waals surface area contributed by atoms with Crippen molar-refractivity contribution in [2.75, 3.05) is 13.1 Å².